The zero-order chi connectivity index (χ0) is 21.9. The monoisotopic (exact) mass is 416 g/mol. The van der Waals surface area contributed by atoms with Crippen molar-refractivity contribution in [2.24, 2.45) is 29.1 Å². The standard InChI is InChI=1S/C26H44N2O2/c1-19(2)24(29)21-6-8-22(9-7-21)25(30)28-16-11-20(12-17-28)10-14-27-15-13-23(18-27)26(3,4)5/h18-22H,6-17H2,1-5H3. The number of hydrogen-bond donors (Lipinski definition) is 0. The fourth-order valence-corrected chi connectivity index (χ4v) is 5.50. The predicted molar refractivity (Wildman–Crippen MR) is 123 cm³/mol. The van der Waals surface area contributed by atoms with Crippen molar-refractivity contribution in [2.75, 3.05) is 26.2 Å². The summed E-state index contributed by atoms with van der Waals surface area (Å²) >= 11 is 0. The van der Waals surface area contributed by atoms with Gasteiger partial charge in [-0.1, -0.05) is 34.6 Å². The summed E-state index contributed by atoms with van der Waals surface area (Å²) in [5.74, 6) is 1.98. The van der Waals surface area contributed by atoms with E-state index in [4.69, 9.17) is 0 Å². The summed E-state index contributed by atoms with van der Waals surface area (Å²) in [7, 11) is 0. The van der Waals surface area contributed by atoms with Gasteiger partial charge in [-0.2, -0.15) is 0 Å². The quantitative estimate of drug-likeness (QED) is 0.591. The molecular formula is C26H44N2O2. The third-order valence-electron chi connectivity index (χ3n) is 7.77. The van der Waals surface area contributed by atoms with E-state index in [0.29, 0.717) is 17.1 Å². The number of likely N-dealkylation sites (tertiary alicyclic amines) is 1. The van der Waals surface area contributed by atoms with Crippen molar-refractivity contribution in [1.29, 1.82) is 0 Å². The van der Waals surface area contributed by atoms with Gasteiger partial charge in [0.05, 0.1) is 0 Å². The number of nitrogens with zero attached hydrogens (tertiary/aromatic N) is 2. The van der Waals surface area contributed by atoms with Crippen molar-refractivity contribution in [3.05, 3.63) is 11.8 Å². The molecule has 0 spiro atoms. The van der Waals surface area contributed by atoms with Gasteiger partial charge in [0.1, 0.15) is 5.78 Å². The summed E-state index contributed by atoms with van der Waals surface area (Å²) in [5, 5.41) is 0. The first-order chi connectivity index (χ1) is 14.1. The molecule has 2 heterocycles. The Morgan fingerprint density at radius 2 is 1.57 bits per heavy atom. The van der Waals surface area contributed by atoms with Crippen molar-refractivity contribution >= 4 is 11.7 Å². The number of carbonyl (C=O) groups is 2. The van der Waals surface area contributed by atoms with Gasteiger partial charge in [0.15, 0.2) is 0 Å². The molecule has 0 aromatic carbocycles. The molecule has 30 heavy (non-hydrogen) atoms. The molecule has 0 radical (unpaired) electrons. The molecule has 0 N–H and O–H groups in total. The van der Waals surface area contributed by atoms with E-state index >= 15 is 0 Å². The second-order valence-corrected chi connectivity index (χ2v) is 11.4. The fraction of sp³-hybridized carbons (Fsp3) is 0.846. The lowest BCUT2D eigenvalue weighted by molar-refractivity contribution is -0.139. The van der Waals surface area contributed by atoms with E-state index in [1.807, 2.05) is 13.8 Å². The highest BCUT2D eigenvalue weighted by atomic mass is 16.2. The van der Waals surface area contributed by atoms with E-state index in [0.717, 1.165) is 64.1 Å². The molecule has 1 aliphatic carbocycles. The number of rotatable bonds is 6. The molecule has 0 bridgehead atoms. The Bertz CT molecular complexity index is 630. The first-order valence-electron chi connectivity index (χ1n) is 12.4. The van der Waals surface area contributed by atoms with Crippen LogP contribution in [0.2, 0.25) is 0 Å². The van der Waals surface area contributed by atoms with Crippen LogP contribution in [0.3, 0.4) is 0 Å². The molecule has 1 amide bonds. The van der Waals surface area contributed by atoms with E-state index in [9.17, 15) is 9.59 Å². The molecule has 1 saturated heterocycles. The summed E-state index contributed by atoms with van der Waals surface area (Å²) in [6.07, 6.45) is 10.8. The summed E-state index contributed by atoms with van der Waals surface area (Å²) in [5.41, 5.74) is 1.87. The van der Waals surface area contributed by atoms with Crippen LogP contribution in [-0.4, -0.2) is 47.7 Å². The molecule has 4 heteroatoms. The number of piperidine rings is 1. The lowest BCUT2D eigenvalue weighted by Crippen LogP contribution is -2.43. The largest absolute Gasteiger partial charge is 0.377 e. The Kier molecular flexibility index (Phi) is 7.68. The number of amides is 1. The van der Waals surface area contributed by atoms with Gasteiger partial charge in [-0.3, -0.25) is 9.59 Å². The molecule has 1 saturated carbocycles. The average Bonchev–Trinajstić information content (AvgIpc) is 3.21. The third-order valence-corrected chi connectivity index (χ3v) is 7.77. The maximum absolute atomic E-state index is 13.0. The molecule has 0 aromatic rings. The Balaban J connectivity index is 1.37. The summed E-state index contributed by atoms with van der Waals surface area (Å²) in [6, 6.07) is 0. The zero-order valence-corrected chi connectivity index (χ0v) is 20.1. The van der Waals surface area contributed by atoms with Crippen molar-refractivity contribution in [3.8, 4) is 0 Å². The van der Waals surface area contributed by atoms with E-state index in [2.05, 4.69) is 36.8 Å². The topological polar surface area (TPSA) is 40.6 Å². The van der Waals surface area contributed by atoms with E-state index in [-0.39, 0.29) is 17.8 Å². The van der Waals surface area contributed by atoms with Crippen LogP contribution in [0, 0.1) is 29.1 Å². The van der Waals surface area contributed by atoms with Gasteiger partial charge in [0.25, 0.3) is 0 Å². The van der Waals surface area contributed by atoms with Crippen LogP contribution in [0.5, 0.6) is 0 Å². The maximum Gasteiger partial charge on any atom is 0.225 e. The molecule has 0 atom stereocenters. The highest BCUT2D eigenvalue weighted by Crippen LogP contribution is 2.34. The maximum atomic E-state index is 13.0. The third kappa shape index (κ3) is 5.88. The van der Waals surface area contributed by atoms with Gasteiger partial charge in [-0.05, 0) is 74.5 Å². The van der Waals surface area contributed by atoms with Crippen LogP contribution in [0.4, 0.5) is 0 Å². The molecule has 2 aliphatic heterocycles. The van der Waals surface area contributed by atoms with Crippen molar-refractivity contribution in [3.63, 3.8) is 0 Å². The fourth-order valence-electron chi connectivity index (χ4n) is 5.50. The van der Waals surface area contributed by atoms with Crippen molar-refractivity contribution < 1.29 is 9.59 Å². The molecule has 3 aliphatic rings. The van der Waals surface area contributed by atoms with Crippen LogP contribution in [-0.2, 0) is 9.59 Å². The molecule has 0 aromatic heterocycles. The highest BCUT2D eigenvalue weighted by Gasteiger charge is 2.34. The van der Waals surface area contributed by atoms with Gasteiger partial charge in [-0.25, -0.2) is 0 Å². The van der Waals surface area contributed by atoms with E-state index in [1.165, 1.54) is 19.4 Å². The second kappa shape index (κ2) is 9.87. The zero-order valence-electron chi connectivity index (χ0n) is 20.1. The van der Waals surface area contributed by atoms with Gasteiger partial charge in [-0.15, -0.1) is 0 Å². The van der Waals surface area contributed by atoms with E-state index in [1.54, 1.807) is 5.57 Å². The lowest BCUT2D eigenvalue weighted by Gasteiger charge is -2.36. The first kappa shape index (κ1) is 23.3. The summed E-state index contributed by atoms with van der Waals surface area (Å²) in [4.78, 5) is 29.9. The minimum Gasteiger partial charge on any atom is -0.377 e. The number of Topliss-reactive ketones (excluding diaryl/α,β-unsaturated/α-hetero) is 1. The van der Waals surface area contributed by atoms with Crippen molar-refractivity contribution in [1.82, 2.24) is 9.80 Å². The van der Waals surface area contributed by atoms with Crippen LogP contribution in [0.15, 0.2) is 11.8 Å². The normalized spacial score (nSPS) is 26.3. The molecule has 0 unspecified atom stereocenters. The number of carbonyl (C=O) groups excluding carboxylic acids is 2. The Morgan fingerprint density at radius 1 is 0.967 bits per heavy atom. The van der Waals surface area contributed by atoms with Crippen molar-refractivity contribution in [2.45, 2.75) is 86.0 Å². The van der Waals surface area contributed by atoms with Gasteiger partial charge in [0.2, 0.25) is 5.91 Å². The first-order valence-corrected chi connectivity index (χ1v) is 12.4. The van der Waals surface area contributed by atoms with Crippen LogP contribution >= 0.6 is 0 Å². The van der Waals surface area contributed by atoms with Crippen LogP contribution in [0.25, 0.3) is 0 Å². The Hall–Kier alpha value is -1.32. The molecule has 4 nitrogen and oxygen atoms in total. The molecular weight excluding hydrogens is 372 g/mol. The molecule has 170 valence electrons. The predicted octanol–water partition coefficient (Wildman–Crippen LogP) is 5.28. The minimum atomic E-state index is 0.123. The van der Waals surface area contributed by atoms with Crippen LogP contribution in [0.1, 0.15) is 86.0 Å². The lowest BCUT2D eigenvalue weighted by atomic mass is 9.77. The SMILES string of the molecule is CC(C)C(=O)C1CCC(C(=O)N2CCC(CCN3C=C(C(C)(C)C)CC3)CC2)CC1. The van der Waals surface area contributed by atoms with E-state index < -0.39 is 0 Å². The highest BCUT2D eigenvalue weighted by molar-refractivity contribution is 5.83. The Labute approximate surface area is 184 Å². The number of hydrogen-bond acceptors (Lipinski definition) is 3. The van der Waals surface area contributed by atoms with Gasteiger partial charge < -0.3 is 9.80 Å². The van der Waals surface area contributed by atoms with Gasteiger partial charge >= 0.3 is 0 Å². The summed E-state index contributed by atoms with van der Waals surface area (Å²) in [6.45, 7) is 15.1. The minimum absolute atomic E-state index is 0.123. The average molecular weight is 417 g/mol. The van der Waals surface area contributed by atoms with Crippen LogP contribution < -0.4 is 0 Å². The van der Waals surface area contributed by atoms with Gasteiger partial charge in [0, 0.05) is 43.9 Å². The number of ketones is 1. The Morgan fingerprint density at radius 3 is 2.10 bits per heavy atom. The molecule has 3 rings (SSSR count). The second-order valence-electron chi connectivity index (χ2n) is 11.4. The smallest absolute Gasteiger partial charge is 0.225 e. The summed E-state index contributed by atoms with van der Waals surface area (Å²) < 4.78 is 0. The molecule has 2 fully saturated rings.